The van der Waals surface area contributed by atoms with E-state index < -0.39 is 11.6 Å². The summed E-state index contributed by atoms with van der Waals surface area (Å²) in [6.07, 6.45) is 3.95. The minimum absolute atomic E-state index is 0. The van der Waals surface area contributed by atoms with Crippen molar-refractivity contribution in [1.82, 2.24) is 15.1 Å². The minimum Gasteiger partial charge on any atom is -0.497 e. The Labute approximate surface area is 233 Å². The standard InChI is InChI=1S/C30H41N3O4.ClH/c1-5-6-17-33-28(34)27(20-22(2)3)31-29(35)30(33)15-18-32(19-16-30)21-23-7-9-25(10-8-23)37-26-13-11-24(36-4)12-14-26;/h7-14,22,27H,5-6,15-21H2,1-4H3,(H,31,35);1H/t27-;/m0./s1. The highest BCUT2D eigenvalue weighted by molar-refractivity contribution is 6.00. The molecule has 0 saturated carbocycles. The highest BCUT2D eigenvalue weighted by Crippen LogP contribution is 2.35. The molecule has 2 heterocycles. The normalized spacial score (nSPS) is 19.3. The van der Waals surface area contributed by atoms with Crippen LogP contribution in [0, 0.1) is 5.92 Å². The Bertz CT molecular complexity index is 1050. The molecule has 2 amide bonds. The van der Waals surface area contributed by atoms with Crippen molar-refractivity contribution in [3.63, 3.8) is 0 Å². The summed E-state index contributed by atoms with van der Waals surface area (Å²) in [5.74, 6) is 2.83. The first-order valence-electron chi connectivity index (χ1n) is 13.6. The number of carbonyl (C=O) groups is 2. The number of methoxy groups -OCH3 is 1. The number of amides is 2. The van der Waals surface area contributed by atoms with E-state index in [1.165, 1.54) is 5.56 Å². The molecule has 2 saturated heterocycles. The third-order valence-corrected chi connectivity index (χ3v) is 7.56. The van der Waals surface area contributed by atoms with Gasteiger partial charge in [-0.15, -0.1) is 12.4 Å². The predicted octanol–water partition coefficient (Wildman–Crippen LogP) is 5.42. The summed E-state index contributed by atoms with van der Waals surface area (Å²) in [4.78, 5) is 31.2. The van der Waals surface area contributed by atoms with E-state index in [-0.39, 0.29) is 24.2 Å². The molecule has 2 aromatic carbocycles. The SMILES string of the molecule is CCCCN1C(=O)[C@H](CC(C)C)NC(=O)C12CCN(Cc1ccc(Oc3ccc(OC)cc3)cc1)CC2.Cl. The van der Waals surface area contributed by atoms with Crippen LogP contribution < -0.4 is 14.8 Å². The van der Waals surface area contributed by atoms with Crippen molar-refractivity contribution in [3.8, 4) is 17.2 Å². The van der Waals surface area contributed by atoms with Crippen LogP contribution in [-0.2, 0) is 16.1 Å². The summed E-state index contributed by atoms with van der Waals surface area (Å²) in [5, 5.41) is 3.09. The number of ether oxygens (including phenoxy) is 2. The number of nitrogens with one attached hydrogen (secondary N) is 1. The number of halogens is 1. The summed E-state index contributed by atoms with van der Waals surface area (Å²) < 4.78 is 11.1. The van der Waals surface area contributed by atoms with Crippen LogP contribution in [0.2, 0.25) is 0 Å². The average Bonchev–Trinajstić information content (AvgIpc) is 2.90. The molecule has 8 heteroatoms. The maximum Gasteiger partial charge on any atom is 0.246 e. The smallest absolute Gasteiger partial charge is 0.246 e. The van der Waals surface area contributed by atoms with Gasteiger partial charge in [0, 0.05) is 26.2 Å². The maximum atomic E-state index is 13.4. The zero-order valence-electron chi connectivity index (χ0n) is 23.1. The Hall–Kier alpha value is -2.77. The van der Waals surface area contributed by atoms with E-state index >= 15 is 0 Å². The second-order valence-corrected chi connectivity index (χ2v) is 10.7. The van der Waals surface area contributed by atoms with Crippen LogP contribution in [0.5, 0.6) is 17.2 Å². The Morgan fingerprint density at radius 2 is 1.55 bits per heavy atom. The van der Waals surface area contributed by atoms with Crippen LogP contribution in [0.3, 0.4) is 0 Å². The lowest BCUT2D eigenvalue weighted by molar-refractivity contribution is -0.161. The molecule has 2 aliphatic rings. The molecule has 1 spiro atoms. The highest BCUT2D eigenvalue weighted by atomic mass is 35.5. The van der Waals surface area contributed by atoms with Crippen molar-refractivity contribution in [3.05, 3.63) is 54.1 Å². The van der Waals surface area contributed by atoms with E-state index in [2.05, 4.69) is 43.1 Å². The molecular weight excluding hydrogens is 502 g/mol. The number of piperidine rings is 1. The van der Waals surface area contributed by atoms with Crippen molar-refractivity contribution in [1.29, 1.82) is 0 Å². The van der Waals surface area contributed by atoms with Gasteiger partial charge in [0.1, 0.15) is 28.8 Å². The lowest BCUT2D eigenvalue weighted by atomic mass is 9.80. The second-order valence-electron chi connectivity index (χ2n) is 10.7. The number of piperazine rings is 1. The minimum atomic E-state index is -0.716. The molecule has 2 aliphatic heterocycles. The largest absolute Gasteiger partial charge is 0.497 e. The summed E-state index contributed by atoms with van der Waals surface area (Å²) in [7, 11) is 1.64. The molecule has 0 bridgehead atoms. The molecule has 2 aromatic rings. The van der Waals surface area contributed by atoms with Gasteiger partial charge in [-0.2, -0.15) is 0 Å². The maximum absolute atomic E-state index is 13.4. The molecule has 1 atom stereocenters. The fourth-order valence-corrected chi connectivity index (χ4v) is 5.43. The second kappa shape index (κ2) is 13.3. The summed E-state index contributed by atoms with van der Waals surface area (Å²) >= 11 is 0. The van der Waals surface area contributed by atoms with Crippen molar-refractivity contribution in [2.75, 3.05) is 26.7 Å². The Morgan fingerprint density at radius 3 is 2.11 bits per heavy atom. The summed E-state index contributed by atoms with van der Waals surface area (Å²) in [6, 6.07) is 15.3. The zero-order valence-corrected chi connectivity index (χ0v) is 23.9. The first-order valence-corrected chi connectivity index (χ1v) is 13.6. The average molecular weight is 544 g/mol. The van der Waals surface area contributed by atoms with Crippen LogP contribution in [0.4, 0.5) is 0 Å². The van der Waals surface area contributed by atoms with Gasteiger partial charge in [0.05, 0.1) is 7.11 Å². The molecular formula is C30H42ClN3O4. The van der Waals surface area contributed by atoms with Crippen LogP contribution >= 0.6 is 12.4 Å². The van der Waals surface area contributed by atoms with Crippen molar-refractivity contribution < 1.29 is 19.1 Å². The molecule has 0 aromatic heterocycles. The van der Waals surface area contributed by atoms with Gasteiger partial charge in [-0.05, 0) is 73.6 Å². The quantitative estimate of drug-likeness (QED) is 0.433. The van der Waals surface area contributed by atoms with E-state index in [0.29, 0.717) is 31.7 Å². The van der Waals surface area contributed by atoms with Gasteiger partial charge in [0.15, 0.2) is 0 Å². The van der Waals surface area contributed by atoms with Crippen molar-refractivity contribution in [2.24, 2.45) is 5.92 Å². The molecule has 7 nitrogen and oxygen atoms in total. The van der Waals surface area contributed by atoms with Gasteiger partial charge in [0.25, 0.3) is 0 Å². The van der Waals surface area contributed by atoms with Crippen LogP contribution in [0.15, 0.2) is 48.5 Å². The predicted molar refractivity (Wildman–Crippen MR) is 152 cm³/mol. The van der Waals surface area contributed by atoms with E-state index in [1.54, 1.807) is 7.11 Å². The Balaban J connectivity index is 0.00000400. The highest BCUT2D eigenvalue weighted by Gasteiger charge is 2.53. The molecule has 4 rings (SSSR count). The van der Waals surface area contributed by atoms with Crippen LogP contribution in [0.25, 0.3) is 0 Å². The van der Waals surface area contributed by atoms with Crippen LogP contribution in [-0.4, -0.2) is 59.9 Å². The number of unbranched alkanes of at least 4 members (excludes halogenated alkanes) is 1. The molecule has 0 aliphatic carbocycles. The monoisotopic (exact) mass is 543 g/mol. The first-order chi connectivity index (χ1) is 17.8. The number of hydrogen-bond donors (Lipinski definition) is 1. The van der Waals surface area contributed by atoms with Gasteiger partial charge >= 0.3 is 0 Å². The third kappa shape index (κ3) is 6.80. The Kier molecular flexibility index (Phi) is 10.5. The Morgan fingerprint density at radius 1 is 0.974 bits per heavy atom. The third-order valence-electron chi connectivity index (χ3n) is 7.56. The van der Waals surface area contributed by atoms with Crippen molar-refractivity contribution in [2.45, 2.75) is 71.0 Å². The number of rotatable bonds is 10. The van der Waals surface area contributed by atoms with E-state index in [0.717, 1.165) is 49.7 Å². The van der Waals surface area contributed by atoms with E-state index in [9.17, 15) is 9.59 Å². The number of likely N-dealkylation sites (tertiary alicyclic amines) is 1. The van der Waals surface area contributed by atoms with Gasteiger partial charge < -0.3 is 19.7 Å². The number of hydrogen-bond acceptors (Lipinski definition) is 5. The van der Waals surface area contributed by atoms with Gasteiger partial charge in [-0.25, -0.2) is 0 Å². The van der Waals surface area contributed by atoms with Crippen molar-refractivity contribution >= 4 is 24.2 Å². The molecule has 38 heavy (non-hydrogen) atoms. The van der Waals surface area contributed by atoms with E-state index in [4.69, 9.17) is 9.47 Å². The van der Waals surface area contributed by atoms with E-state index in [1.807, 2.05) is 41.3 Å². The van der Waals surface area contributed by atoms with Gasteiger partial charge in [-0.3, -0.25) is 14.5 Å². The molecule has 2 fully saturated rings. The van der Waals surface area contributed by atoms with Crippen LogP contribution in [0.1, 0.15) is 58.4 Å². The number of benzene rings is 2. The fraction of sp³-hybridized carbons (Fsp3) is 0.533. The summed E-state index contributed by atoms with van der Waals surface area (Å²) in [6.45, 7) is 9.34. The fourth-order valence-electron chi connectivity index (χ4n) is 5.43. The molecule has 0 radical (unpaired) electrons. The lowest BCUT2D eigenvalue weighted by Gasteiger charge is -2.52. The first kappa shape index (κ1) is 29.8. The number of carbonyl (C=O) groups excluding carboxylic acids is 2. The molecule has 208 valence electrons. The van der Waals surface area contributed by atoms with Gasteiger partial charge in [0.2, 0.25) is 11.8 Å². The lowest BCUT2D eigenvalue weighted by Crippen LogP contribution is -2.73. The molecule has 1 N–H and O–H groups in total. The number of nitrogens with zero attached hydrogens (tertiary/aromatic N) is 2. The summed E-state index contributed by atoms with van der Waals surface area (Å²) in [5.41, 5.74) is 0.480. The zero-order chi connectivity index (χ0) is 26.4. The van der Waals surface area contributed by atoms with Gasteiger partial charge in [-0.1, -0.05) is 39.3 Å². The topological polar surface area (TPSA) is 71.1 Å². The molecule has 0 unspecified atom stereocenters.